The smallest absolute Gasteiger partial charge is 0.387 e. The average Bonchev–Trinajstić information content (AvgIpc) is 3.77. The zero-order valence-electron chi connectivity index (χ0n) is 22.2. The van der Waals surface area contributed by atoms with E-state index in [-0.39, 0.29) is 33.5 Å². The lowest BCUT2D eigenvalue weighted by molar-refractivity contribution is -0.153. The van der Waals surface area contributed by atoms with Crippen molar-refractivity contribution in [3.05, 3.63) is 75.7 Å². The number of benzene rings is 1. The first-order valence-electron chi connectivity index (χ1n) is 12.6. The monoisotopic (exact) mass is 609 g/mol. The molecule has 13 heteroatoms. The summed E-state index contributed by atoms with van der Waals surface area (Å²) in [5.41, 5.74) is 0.991. The molecule has 1 fully saturated rings. The number of carbonyl (C=O) groups excluding carboxylic acids is 2. The third kappa shape index (κ3) is 8.64. The van der Waals surface area contributed by atoms with Crippen LogP contribution >= 0.6 is 23.2 Å². The van der Waals surface area contributed by atoms with E-state index in [4.69, 9.17) is 37.4 Å². The summed E-state index contributed by atoms with van der Waals surface area (Å²) in [6, 6.07) is 7.40. The number of hydrogen-bond donors (Lipinski definition) is 0. The summed E-state index contributed by atoms with van der Waals surface area (Å²) in [4.78, 5) is 35.1. The zero-order valence-corrected chi connectivity index (χ0v) is 23.7. The molecule has 0 bridgehead atoms. The fourth-order valence-corrected chi connectivity index (χ4v) is 4.26. The van der Waals surface area contributed by atoms with Crippen LogP contribution in [0.5, 0.6) is 11.5 Å². The molecule has 2 heterocycles. The van der Waals surface area contributed by atoms with Crippen molar-refractivity contribution in [2.24, 2.45) is 5.92 Å². The van der Waals surface area contributed by atoms with Crippen LogP contribution in [0.1, 0.15) is 40.4 Å². The lowest BCUT2D eigenvalue weighted by Crippen LogP contribution is -2.21. The Labute approximate surface area is 245 Å². The third-order valence-electron chi connectivity index (χ3n) is 6.11. The summed E-state index contributed by atoms with van der Waals surface area (Å²) in [5.74, 6) is -0.732. The van der Waals surface area contributed by atoms with E-state index in [0.717, 1.165) is 12.8 Å². The highest BCUT2D eigenvalue weighted by molar-refractivity contribution is 6.35. The van der Waals surface area contributed by atoms with Gasteiger partial charge in [0.05, 0.1) is 22.2 Å². The molecule has 2 aromatic heterocycles. The van der Waals surface area contributed by atoms with Gasteiger partial charge in [-0.3, -0.25) is 4.98 Å². The number of aromatic nitrogens is 2. The molecule has 3 aromatic rings. The molecule has 0 unspecified atom stereocenters. The van der Waals surface area contributed by atoms with E-state index in [1.54, 1.807) is 25.1 Å². The molecule has 9 nitrogen and oxygen atoms in total. The fourth-order valence-electron chi connectivity index (χ4n) is 3.74. The van der Waals surface area contributed by atoms with Gasteiger partial charge in [-0.2, -0.15) is 8.78 Å². The Bertz CT molecular complexity index is 1350. The van der Waals surface area contributed by atoms with Crippen LogP contribution in [-0.2, 0) is 20.7 Å². The van der Waals surface area contributed by atoms with Gasteiger partial charge in [-0.1, -0.05) is 29.3 Å². The summed E-state index contributed by atoms with van der Waals surface area (Å²) in [6.45, 7) is -3.42. The van der Waals surface area contributed by atoms with Crippen LogP contribution in [0.2, 0.25) is 10.0 Å². The van der Waals surface area contributed by atoms with Gasteiger partial charge in [-0.25, -0.2) is 14.6 Å². The van der Waals surface area contributed by atoms with Crippen molar-refractivity contribution in [1.82, 2.24) is 9.97 Å². The Kier molecular flexibility index (Phi) is 10.2. The summed E-state index contributed by atoms with van der Waals surface area (Å²) >= 11 is 12.6. The first-order chi connectivity index (χ1) is 19.6. The lowest BCUT2D eigenvalue weighted by atomic mass is 10.0. The van der Waals surface area contributed by atoms with E-state index in [1.807, 2.05) is 0 Å². The van der Waals surface area contributed by atoms with E-state index in [1.165, 1.54) is 42.9 Å². The minimum absolute atomic E-state index is 0.00685. The van der Waals surface area contributed by atoms with Gasteiger partial charge in [0.15, 0.2) is 18.1 Å². The summed E-state index contributed by atoms with van der Waals surface area (Å²) in [6.07, 6.45) is 5.09. The number of rotatable bonds is 13. The van der Waals surface area contributed by atoms with Gasteiger partial charge in [0.2, 0.25) is 0 Å². The average molecular weight is 610 g/mol. The van der Waals surface area contributed by atoms with Gasteiger partial charge in [-0.15, -0.1) is 0 Å². The summed E-state index contributed by atoms with van der Waals surface area (Å²) < 4.78 is 47.2. The Morgan fingerprint density at radius 1 is 1.05 bits per heavy atom. The van der Waals surface area contributed by atoms with Gasteiger partial charge in [-0.05, 0) is 54.2 Å². The van der Waals surface area contributed by atoms with Gasteiger partial charge >= 0.3 is 18.6 Å². The quantitative estimate of drug-likeness (QED) is 0.218. The molecule has 1 aliphatic rings. The number of anilines is 1. The number of pyridine rings is 2. The first kappa shape index (κ1) is 30.3. The van der Waals surface area contributed by atoms with Gasteiger partial charge in [0.25, 0.3) is 0 Å². The van der Waals surface area contributed by atoms with Crippen LogP contribution in [0.3, 0.4) is 0 Å². The van der Waals surface area contributed by atoms with Crippen molar-refractivity contribution in [3.63, 3.8) is 0 Å². The third-order valence-corrected chi connectivity index (χ3v) is 6.76. The molecule has 1 saturated carbocycles. The Balaban J connectivity index is 1.53. The maximum absolute atomic E-state index is 13.0. The van der Waals surface area contributed by atoms with E-state index in [0.29, 0.717) is 29.5 Å². The number of halogens is 4. The number of nitrogens with zero attached hydrogens (tertiary/aromatic N) is 3. The van der Waals surface area contributed by atoms with Gasteiger partial charge < -0.3 is 23.8 Å². The zero-order chi connectivity index (χ0) is 29.5. The van der Waals surface area contributed by atoms with Crippen molar-refractivity contribution >= 4 is 41.0 Å². The second-order valence-electron chi connectivity index (χ2n) is 9.48. The predicted octanol–water partition coefficient (Wildman–Crippen LogP) is 5.92. The molecular weight excluding hydrogens is 583 g/mol. The number of ether oxygens (including phenoxy) is 4. The molecule has 0 spiro atoms. The molecule has 0 saturated heterocycles. The summed E-state index contributed by atoms with van der Waals surface area (Å²) in [5, 5.41) is 0.475. The van der Waals surface area contributed by atoms with Crippen LogP contribution in [0.25, 0.3) is 0 Å². The molecule has 1 aromatic carbocycles. The van der Waals surface area contributed by atoms with Crippen LogP contribution in [0.4, 0.5) is 14.6 Å². The molecule has 1 aliphatic carbocycles. The van der Waals surface area contributed by atoms with Crippen molar-refractivity contribution in [2.45, 2.75) is 32.0 Å². The van der Waals surface area contributed by atoms with Crippen LogP contribution in [-0.4, -0.2) is 55.8 Å². The number of esters is 2. The number of alkyl halides is 2. The Morgan fingerprint density at radius 2 is 1.78 bits per heavy atom. The lowest BCUT2D eigenvalue weighted by Gasteiger charge is -2.21. The van der Waals surface area contributed by atoms with E-state index in [9.17, 15) is 18.4 Å². The van der Waals surface area contributed by atoms with Crippen molar-refractivity contribution < 1.29 is 37.3 Å². The van der Waals surface area contributed by atoms with E-state index >= 15 is 0 Å². The molecule has 0 aliphatic heterocycles. The normalized spacial score (nSPS) is 13.4. The Hall–Kier alpha value is -3.70. The summed E-state index contributed by atoms with van der Waals surface area (Å²) in [7, 11) is 3.61. The Morgan fingerprint density at radius 3 is 2.39 bits per heavy atom. The van der Waals surface area contributed by atoms with Crippen molar-refractivity contribution in [3.8, 4) is 11.5 Å². The molecule has 0 amide bonds. The molecule has 0 N–H and O–H groups in total. The highest BCUT2D eigenvalue weighted by Gasteiger charge is 2.26. The van der Waals surface area contributed by atoms with E-state index in [2.05, 4.69) is 14.7 Å². The fraction of sp³-hybridized carbons (Fsp3) is 0.357. The second-order valence-corrected chi connectivity index (χ2v) is 10.3. The van der Waals surface area contributed by atoms with Crippen LogP contribution < -0.4 is 14.4 Å². The van der Waals surface area contributed by atoms with Crippen molar-refractivity contribution in [2.75, 3.05) is 32.2 Å². The molecular formula is C28H27Cl2F2N3O6. The number of hydrogen-bond acceptors (Lipinski definition) is 9. The largest absolute Gasteiger partial charge is 0.489 e. The minimum Gasteiger partial charge on any atom is -0.489 e. The van der Waals surface area contributed by atoms with Crippen LogP contribution in [0.15, 0.2) is 48.9 Å². The predicted molar refractivity (Wildman–Crippen MR) is 147 cm³/mol. The molecule has 41 heavy (non-hydrogen) atoms. The minimum atomic E-state index is -3.06. The SMILES string of the molecule is CN(C)c1ccc(C(=O)OCC(=O)O[C@@H](Cc2c(Cl)cncc2Cl)c2ccc(OC(F)F)c(OCC3CC3)c2)cn1. The highest BCUT2D eigenvalue weighted by atomic mass is 35.5. The van der Waals surface area contributed by atoms with Crippen LogP contribution in [0, 0.1) is 5.92 Å². The molecule has 218 valence electrons. The van der Waals surface area contributed by atoms with Crippen molar-refractivity contribution in [1.29, 1.82) is 0 Å². The van der Waals surface area contributed by atoms with Gasteiger partial charge in [0, 0.05) is 39.1 Å². The molecule has 0 radical (unpaired) electrons. The van der Waals surface area contributed by atoms with E-state index < -0.39 is 31.3 Å². The topological polar surface area (TPSA) is 100 Å². The number of carbonyl (C=O) groups is 2. The first-order valence-corrected chi connectivity index (χ1v) is 13.4. The second kappa shape index (κ2) is 13.8. The standard InChI is InChI=1S/C28H27Cl2F2N3O6/c1-35(2)25-8-6-18(11-34-25)27(37)39-15-26(36)40-23(10-19-20(29)12-33-13-21(19)30)17-5-7-22(41-28(31)32)24(9-17)38-14-16-3-4-16/h5-9,11-13,16,23,28H,3-4,10,14-15H2,1-2H3/t23-/m0/s1. The molecule has 4 rings (SSSR count). The maximum atomic E-state index is 13.0. The van der Waals surface area contributed by atoms with Gasteiger partial charge in [0.1, 0.15) is 11.9 Å². The molecule has 1 atom stereocenters. The maximum Gasteiger partial charge on any atom is 0.387 e. The highest BCUT2D eigenvalue weighted by Crippen LogP contribution is 2.37.